The Morgan fingerprint density at radius 3 is 1.83 bits per heavy atom. The Kier molecular flexibility index (Phi) is 8.12. The molecule has 0 fully saturated rings. The van der Waals surface area contributed by atoms with E-state index >= 15 is 0 Å². The van der Waals surface area contributed by atoms with Crippen molar-refractivity contribution in [2.75, 3.05) is 13.2 Å². The third-order valence-corrected chi connectivity index (χ3v) is 1.66. The lowest BCUT2D eigenvalue weighted by molar-refractivity contribution is -0.162. The van der Waals surface area contributed by atoms with Crippen molar-refractivity contribution in [3.63, 3.8) is 0 Å². The number of carboxylic acid groups (broad SMARTS) is 1. The normalized spacial score (nSPS) is 9.61. The number of aliphatic carboxylic acids is 1. The largest absolute Gasteiger partial charge is 0.481 e. The van der Waals surface area contributed by atoms with Crippen molar-refractivity contribution >= 4 is 23.9 Å². The fourth-order valence-corrected chi connectivity index (χ4v) is 0.874. The molecule has 0 aliphatic rings. The lowest BCUT2D eigenvalue weighted by atomic mass is 10.3. The highest BCUT2D eigenvalue weighted by molar-refractivity contribution is 5.88. The molecule has 2 N–H and O–H groups in total. The molecule has 0 aromatic rings. The van der Waals surface area contributed by atoms with Crippen molar-refractivity contribution in [2.45, 2.75) is 25.7 Å². The molecule has 0 aromatic carbocycles. The molecule has 18 heavy (non-hydrogen) atoms. The van der Waals surface area contributed by atoms with E-state index in [0.717, 1.165) is 0 Å². The maximum Gasteiger partial charge on any atom is 0.314 e. The summed E-state index contributed by atoms with van der Waals surface area (Å²) in [5, 5.41) is 16.6. The molecule has 0 aliphatic carbocycles. The average Bonchev–Trinajstić information content (AvgIpc) is 2.31. The molecule has 8 nitrogen and oxygen atoms in total. The number of carbonyl (C=O) groups is 4. The molecule has 0 radical (unpaired) electrons. The molecule has 0 aromatic heterocycles. The molecule has 0 heterocycles. The second-order valence-electron chi connectivity index (χ2n) is 3.18. The molecule has 0 rings (SSSR count). The van der Waals surface area contributed by atoms with Crippen LogP contribution in [0.25, 0.3) is 0 Å². The minimum absolute atomic E-state index is 0.161. The maximum absolute atomic E-state index is 11.0. The first-order chi connectivity index (χ1) is 8.45. The van der Waals surface area contributed by atoms with Crippen LogP contribution in [0, 0.1) is 0 Å². The number of carbonyl (C=O) groups excluding carboxylic acids is 3. The minimum atomic E-state index is -1.17. The number of hydrogen-bond acceptors (Lipinski definition) is 7. The Morgan fingerprint density at radius 1 is 0.833 bits per heavy atom. The van der Waals surface area contributed by atoms with E-state index in [0.29, 0.717) is 0 Å². The first-order valence-corrected chi connectivity index (χ1v) is 5.17. The summed E-state index contributed by atoms with van der Waals surface area (Å²) in [7, 11) is 0. The summed E-state index contributed by atoms with van der Waals surface area (Å²) in [6, 6.07) is 0. The fourth-order valence-electron chi connectivity index (χ4n) is 0.874. The molecular weight excluding hydrogens is 248 g/mol. The van der Waals surface area contributed by atoms with Gasteiger partial charge in [0.2, 0.25) is 0 Å². The molecule has 0 bridgehead atoms. The second-order valence-corrected chi connectivity index (χ2v) is 3.18. The van der Waals surface area contributed by atoms with Crippen molar-refractivity contribution < 1.29 is 38.9 Å². The number of esters is 3. The van der Waals surface area contributed by atoms with E-state index in [1.807, 2.05) is 0 Å². The van der Waals surface area contributed by atoms with Crippen molar-refractivity contribution in [3.05, 3.63) is 0 Å². The highest BCUT2D eigenvalue weighted by Crippen LogP contribution is 1.99. The van der Waals surface area contributed by atoms with Gasteiger partial charge in [-0.1, -0.05) is 0 Å². The van der Waals surface area contributed by atoms with Gasteiger partial charge in [-0.15, -0.1) is 0 Å². The zero-order valence-corrected chi connectivity index (χ0v) is 9.59. The summed E-state index contributed by atoms with van der Waals surface area (Å²) in [5.74, 6) is -3.75. The standard InChI is InChI=1S/C10H14O8/c11-5-6-17-8(14)3-4-10(16)18-9(15)2-1-7(12)13/h11H,1-6H2,(H,12,13). The van der Waals surface area contributed by atoms with Gasteiger partial charge in [-0.05, 0) is 0 Å². The van der Waals surface area contributed by atoms with Gasteiger partial charge in [-0.25, -0.2) is 0 Å². The zero-order chi connectivity index (χ0) is 14.0. The predicted molar refractivity (Wildman–Crippen MR) is 55.2 cm³/mol. The number of aliphatic hydroxyl groups is 1. The lowest BCUT2D eigenvalue weighted by Gasteiger charge is -2.03. The van der Waals surface area contributed by atoms with Crippen LogP contribution in [0.2, 0.25) is 0 Å². The van der Waals surface area contributed by atoms with Gasteiger partial charge in [0.25, 0.3) is 0 Å². The summed E-state index contributed by atoms with van der Waals surface area (Å²) in [4.78, 5) is 43.0. The van der Waals surface area contributed by atoms with Crippen LogP contribution in [0.4, 0.5) is 0 Å². The molecule has 0 spiro atoms. The van der Waals surface area contributed by atoms with Crippen LogP contribution < -0.4 is 0 Å². The number of ether oxygens (including phenoxy) is 2. The first kappa shape index (κ1) is 16.0. The van der Waals surface area contributed by atoms with Crippen LogP contribution in [-0.2, 0) is 28.7 Å². The summed E-state index contributed by atoms with van der Waals surface area (Å²) >= 11 is 0. The van der Waals surface area contributed by atoms with Crippen LogP contribution in [0.5, 0.6) is 0 Å². The zero-order valence-electron chi connectivity index (χ0n) is 9.59. The summed E-state index contributed by atoms with van der Waals surface area (Å²) < 4.78 is 8.72. The van der Waals surface area contributed by atoms with Crippen molar-refractivity contribution in [2.24, 2.45) is 0 Å². The third-order valence-electron chi connectivity index (χ3n) is 1.66. The second kappa shape index (κ2) is 9.11. The molecule has 8 heteroatoms. The molecule has 102 valence electrons. The summed E-state index contributed by atoms with van der Waals surface area (Å²) in [6.45, 7) is -0.477. The number of aliphatic hydroxyl groups excluding tert-OH is 1. The number of carboxylic acids is 1. The van der Waals surface area contributed by atoms with Gasteiger partial charge >= 0.3 is 23.9 Å². The van der Waals surface area contributed by atoms with Crippen molar-refractivity contribution in [1.29, 1.82) is 0 Å². The quantitative estimate of drug-likeness (QED) is 0.431. The van der Waals surface area contributed by atoms with Crippen LogP contribution in [0.15, 0.2) is 0 Å². The van der Waals surface area contributed by atoms with E-state index in [2.05, 4.69) is 9.47 Å². The average molecular weight is 262 g/mol. The lowest BCUT2D eigenvalue weighted by Crippen LogP contribution is -2.16. The van der Waals surface area contributed by atoms with E-state index in [9.17, 15) is 19.2 Å². The summed E-state index contributed by atoms with van der Waals surface area (Å²) in [5.41, 5.74) is 0. The predicted octanol–water partition coefficient (Wildman–Crippen LogP) is -0.763. The minimum Gasteiger partial charge on any atom is -0.481 e. The Bertz CT molecular complexity index is 322. The van der Waals surface area contributed by atoms with Crippen LogP contribution in [0.3, 0.4) is 0 Å². The number of hydrogen-bond donors (Lipinski definition) is 2. The monoisotopic (exact) mass is 262 g/mol. The number of rotatable bonds is 8. The molecule has 0 saturated carbocycles. The van der Waals surface area contributed by atoms with Crippen LogP contribution >= 0.6 is 0 Å². The SMILES string of the molecule is O=C(O)CCC(=O)OC(=O)CCC(=O)OCCO. The van der Waals surface area contributed by atoms with E-state index in [4.69, 9.17) is 10.2 Å². The topological polar surface area (TPSA) is 127 Å². The molecule has 0 unspecified atom stereocenters. The van der Waals surface area contributed by atoms with Gasteiger partial charge in [-0.2, -0.15) is 0 Å². The molecule has 0 amide bonds. The van der Waals surface area contributed by atoms with Crippen molar-refractivity contribution in [3.8, 4) is 0 Å². The highest BCUT2D eigenvalue weighted by Gasteiger charge is 2.14. The van der Waals surface area contributed by atoms with Gasteiger partial charge in [0.05, 0.1) is 32.3 Å². The maximum atomic E-state index is 11.0. The first-order valence-electron chi connectivity index (χ1n) is 5.17. The fraction of sp³-hybridized carbons (Fsp3) is 0.600. The van der Waals surface area contributed by atoms with E-state index in [1.54, 1.807) is 0 Å². The molecule has 0 saturated heterocycles. The smallest absolute Gasteiger partial charge is 0.314 e. The molecule has 0 aliphatic heterocycles. The summed E-state index contributed by atoms with van der Waals surface area (Å²) in [6.07, 6.45) is -1.45. The Balaban J connectivity index is 3.73. The van der Waals surface area contributed by atoms with E-state index < -0.39 is 36.7 Å². The molecule has 0 atom stereocenters. The van der Waals surface area contributed by atoms with Gasteiger partial charge < -0.3 is 19.7 Å². The van der Waals surface area contributed by atoms with Gasteiger partial charge in [0.15, 0.2) is 0 Å². The van der Waals surface area contributed by atoms with E-state index in [1.165, 1.54) is 0 Å². The van der Waals surface area contributed by atoms with Gasteiger partial charge in [0, 0.05) is 0 Å². The van der Waals surface area contributed by atoms with Crippen molar-refractivity contribution in [1.82, 2.24) is 0 Å². The Hall–Kier alpha value is -1.96. The Morgan fingerprint density at radius 2 is 1.33 bits per heavy atom. The highest BCUT2D eigenvalue weighted by atomic mass is 16.6. The third kappa shape index (κ3) is 9.28. The van der Waals surface area contributed by atoms with E-state index in [-0.39, 0.29) is 26.1 Å². The van der Waals surface area contributed by atoms with Crippen LogP contribution in [-0.4, -0.2) is 47.3 Å². The Labute approximate surface area is 102 Å². The van der Waals surface area contributed by atoms with Gasteiger partial charge in [0.1, 0.15) is 6.61 Å². The van der Waals surface area contributed by atoms with Gasteiger partial charge in [-0.3, -0.25) is 19.2 Å². The molecular formula is C10H14O8. The van der Waals surface area contributed by atoms with Crippen LogP contribution in [0.1, 0.15) is 25.7 Å².